The van der Waals surface area contributed by atoms with Gasteiger partial charge in [-0.25, -0.2) is 0 Å². The lowest BCUT2D eigenvalue weighted by Crippen LogP contribution is -2.35. The van der Waals surface area contributed by atoms with Crippen molar-refractivity contribution in [3.8, 4) is 0 Å². The van der Waals surface area contributed by atoms with E-state index in [2.05, 4.69) is 22.6 Å². The van der Waals surface area contributed by atoms with E-state index < -0.39 is 0 Å². The average Bonchev–Trinajstić information content (AvgIpc) is 2.94. The van der Waals surface area contributed by atoms with Gasteiger partial charge in [-0.2, -0.15) is 5.10 Å². The Morgan fingerprint density at radius 2 is 2.35 bits per heavy atom. The first kappa shape index (κ1) is 12.2. The van der Waals surface area contributed by atoms with Gasteiger partial charge in [0.2, 0.25) is 5.91 Å². The van der Waals surface area contributed by atoms with E-state index in [0.717, 1.165) is 18.7 Å². The number of carbonyl (C=O) groups excluding carboxylic acids is 1. The number of rotatable bonds is 4. The first-order valence-corrected chi connectivity index (χ1v) is 7.65. The van der Waals surface area contributed by atoms with E-state index in [0.29, 0.717) is 23.8 Å². The normalized spacial score (nSPS) is 31.9. The van der Waals surface area contributed by atoms with Crippen molar-refractivity contribution in [1.82, 2.24) is 15.1 Å². The minimum atomic E-state index is 0.214. The smallest absolute Gasteiger partial charge is 0.223 e. The molecular weight excluding hydrogens is 250 g/mol. The van der Waals surface area contributed by atoms with Gasteiger partial charge in [-0.15, -0.1) is 0 Å². The average molecular weight is 271 g/mol. The van der Waals surface area contributed by atoms with Crippen molar-refractivity contribution in [1.29, 1.82) is 0 Å². The van der Waals surface area contributed by atoms with E-state index in [9.17, 15) is 4.79 Å². The molecule has 0 aliphatic heterocycles. The number of carbonyl (C=O) groups is 1. The molecule has 1 N–H and O–H groups in total. The van der Waals surface area contributed by atoms with Crippen LogP contribution in [0.3, 0.4) is 0 Å². The largest absolute Gasteiger partial charge is 0.354 e. The Morgan fingerprint density at radius 1 is 1.50 bits per heavy atom. The number of aromatic nitrogens is 2. The molecule has 106 valence electrons. The lowest BCUT2D eigenvalue weighted by Gasteiger charge is -2.19. The SMILES string of the molecule is Cc1ccnn1CCNC(=O)[C@H]1C[C@H]2C=C[C@@H]1C21CC1. The van der Waals surface area contributed by atoms with Crippen molar-refractivity contribution in [2.24, 2.45) is 23.2 Å². The third-order valence-corrected chi connectivity index (χ3v) is 5.61. The molecule has 1 spiro atoms. The topological polar surface area (TPSA) is 46.9 Å². The molecule has 3 atom stereocenters. The van der Waals surface area contributed by atoms with Crippen LogP contribution in [0.1, 0.15) is 25.0 Å². The van der Waals surface area contributed by atoms with Crippen LogP contribution in [0.5, 0.6) is 0 Å². The molecule has 0 aromatic carbocycles. The minimum Gasteiger partial charge on any atom is -0.354 e. The lowest BCUT2D eigenvalue weighted by atomic mass is 9.88. The second-order valence-electron chi connectivity index (χ2n) is 6.58. The van der Waals surface area contributed by atoms with Gasteiger partial charge in [0, 0.05) is 24.4 Å². The number of nitrogens with zero attached hydrogens (tertiary/aromatic N) is 2. The highest BCUT2D eigenvalue weighted by molar-refractivity contribution is 5.80. The summed E-state index contributed by atoms with van der Waals surface area (Å²) in [6.45, 7) is 3.46. The van der Waals surface area contributed by atoms with Crippen LogP contribution in [0.2, 0.25) is 0 Å². The number of hydrogen-bond donors (Lipinski definition) is 1. The molecule has 0 saturated heterocycles. The first-order chi connectivity index (χ1) is 9.71. The van der Waals surface area contributed by atoms with Crippen LogP contribution in [0.15, 0.2) is 24.4 Å². The van der Waals surface area contributed by atoms with Gasteiger partial charge in [0.15, 0.2) is 0 Å². The fourth-order valence-corrected chi connectivity index (χ4v) is 4.32. The molecule has 3 aliphatic rings. The standard InChI is InChI=1S/C16H21N3O/c1-11-4-7-18-19(11)9-8-17-15(20)13-10-12-2-3-14(13)16(12)5-6-16/h2-4,7,12-14H,5-6,8-10H2,1H3,(H,17,20)/t12-,13+,14+/m1/s1. The van der Waals surface area contributed by atoms with Gasteiger partial charge >= 0.3 is 0 Å². The Hall–Kier alpha value is -1.58. The quantitative estimate of drug-likeness (QED) is 0.850. The fraction of sp³-hybridized carbons (Fsp3) is 0.625. The first-order valence-electron chi connectivity index (χ1n) is 7.65. The van der Waals surface area contributed by atoms with Gasteiger partial charge < -0.3 is 5.32 Å². The summed E-state index contributed by atoms with van der Waals surface area (Å²) in [6.07, 6.45) is 10.2. The Morgan fingerprint density at radius 3 is 3.00 bits per heavy atom. The number of amides is 1. The van der Waals surface area contributed by atoms with Crippen LogP contribution >= 0.6 is 0 Å². The van der Waals surface area contributed by atoms with Gasteiger partial charge in [-0.1, -0.05) is 12.2 Å². The molecule has 4 heteroatoms. The number of allylic oxidation sites excluding steroid dienone is 2. The Kier molecular flexibility index (Phi) is 2.56. The van der Waals surface area contributed by atoms with Crippen LogP contribution in [0.4, 0.5) is 0 Å². The molecule has 0 radical (unpaired) electrons. The molecule has 4 nitrogen and oxygen atoms in total. The molecule has 3 aliphatic carbocycles. The Bertz CT molecular complexity index is 570. The summed E-state index contributed by atoms with van der Waals surface area (Å²) in [5.41, 5.74) is 1.64. The number of aryl methyl sites for hydroxylation is 1. The maximum Gasteiger partial charge on any atom is 0.223 e. The monoisotopic (exact) mass is 271 g/mol. The zero-order valence-corrected chi connectivity index (χ0v) is 11.9. The van der Waals surface area contributed by atoms with Gasteiger partial charge in [0.25, 0.3) is 0 Å². The number of hydrogen-bond acceptors (Lipinski definition) is 2. The highest BCUT2D eigenvalue weighted by Gasteiger charge is 2.63. The molecule has 20 heavy (non-hydrogen) atoms. The van der Waals surface area contributed by atoms with Crippen LogP contribution < -0.4 is 5.32 Å². The summed E-state index contributed by atoms with van der Waals surface area (Å²) in [5.74, 6) is 1.65. The zero-order valence-electron chi connectivity index (χ0n) is 11.9. The molecule has 1 aromatic rings. The third kappa shape index (κ3) is 1.67. The van der Waals surface area contributed by atoms with E-state index in [1.807, 2.05) is 17.7 Å². The predicted octanol–water partition coefficient (Wildman–Crippen LogP) is 1.91. The van der Waals surface area contributed by atoms with Crippen LogP contribution in [-0.2, 0) is 11.3 Å². The van der Waals surface area contributed by atoms with Gasteiger partial charge in [0.05, 0.1) is 6.54 Å². The van der Waals surface area contributed by atoms with Crippen molar-refractivity contribution in [3.63, 3.8) is 0 Å². The summed E-state index contributed by atoms with van der Waals surface area (Å²) < 4.78 is 1.93. The van der Waals surface area contributed by atoms with E-state index in [1.165, 1.54) is 12.8 Å². The summed E-state index contributed by atoms with van der Waals surface area (Å²) in [7, 11) is 0. The van der Waals surface area contributed by atoms with Crippen LogP contribution in [-0.4, -0.2) is 22.2 Å². The maximum atomic E-state index is 12.4. The van der Waals surface area contributed by atoms with E-state index >= 15 is 0 Å². The molecule has 4 rings (SSSR count). The Balaban J connectivity index is 1.33. The van der Waals surface area contributed by atoms with Gasteiger partial charge in [0.1, 0.15) is 0 Å². The molecule has 0 unspecified atom stereocenters. The number of nitrogens with one attached hydrogen (secondary N) is 1. The van der Waals surface area contributed by atoms with Crippen molar-refractivity contribution in [2.45, 2.75) is 32.7 Å². The second kappa shape index (κ2) is 4.21. The fourth-order valence-electron chi connectivity index (χ4n) is 4.32. The van der Waals surface area contributed by atoms with Crippen molar-refractivity contribution in [3.05, 3.63) is 30.1 Å². The molecule has 1 heterocycles. The third-order valence-electron chi connectivity index (χ3n) is 5.61. The molecule has 2 fully saturated rings. The maximum absolute atomic E-state index is 12.4. The van der Waals surface area contributed by atoms with Gasteiger partial charge in [-0.3, -0.25) is 9.48 Å². The summed E-state index contributed by atoms with van der Waals surface area (Å²) in [5, 5.41) is 7.34. The minimum absolute atomic E-state index is 0.214. The molecule has 1 aromatic heterocycles. The van der Waals surface area contributed by atoms with Gasteiger partial charge in [-0.05, 0) is 49.5 Å². The van der Waals surface area contributed by atoms with Crippen molar-refractivity contribution >= 4 is 5.91 Å². The van der Waals surface area contributed by atoms with Crippen LogP contribution in [0.25, 0.3) is 0 Å². The van der Waals surface area contributed by atoms with Crippen LogP contribution in [0, 0.1) is 30.1 Å². The molecule has 2 saturated carbocycles. The summed E-state index contributed by atoms with van der Waals surface area (Å²) in [6, 6.07) is 1.99. The summed E-state index contributed by atoms with van der Waals surface area (Å²) >= 11 is 0. The summed E-state index contributed by atoms with van der Waals surface area (Å²) in [4.78, 5) is 12.4. The Labute approximate surface area is 119 Å². The highest BCUT2D eigenvalue weighted by Crippen LogP contribution is 2.70. The van der Waals surface area contributed by atoms with E-state index in [1.54, 1.807) is 6.20 Å². The molecule has 1 amide bonds. The highest BCUT2D eigenvalue weighted by atomic mass is 16.1. The lowest BCUT2D eigenvalue weighted by molar-refractivity contribution is -0.125. The van der Waals surface area contributed by atoms with E-state index in [-0.39, 0.29) is 11.8 Å². The van der Waals surface area contributed by atoms with Crippen molar-refractivity contribution in [2.75, 3.05) is 6.54 Å². The molecular formula is C16H21N3O. The van der Waals surface area contributed by atoms with E-state index in [4.69, 9.17) is 0 Å². The zero-order chi connectivity index (χ0) is 13.7. The molecule has 2 bridgehead atoms. The van der Waals surface area contributed by atoms with Crippen molar-refractivity contribution < 1.29 is 4.79 Å². The second-order valence-corrected chi connectivity index (χ2v) is 6.58. The predicted molar refractivity (Wildman–Crippen MR) is 75.9 cm³/mol.